The minimum Gasteiger partial charge on any atom is -0.310 e. The van der Waals surface area contributed by atoms with Gasteiger partial charge in [-0.1, -0.05) is 35.9 Å². The summed E-state index contributed by atoms with van der Waals surface area (Å²) in [7, 11) is 0. The second kappa shape index (κ2) is 6.82. The third-order valence-electron chi connectivity index (χ3n) is 4.55. The summed E-state index contributed by atoms with van der Waals surface area (Å²) in [5.74, 6) is 1.14. The van der Waals surface area contributed by atoms with Crippen molar-refractivity contribution in [2.45, 2.75) is 19.1 Å². The molecule has 1 aromatic heterocycles. The Morgan fingerprint density at radius 1 is 1.15 bits per heavy atom. The lowest BCUT2D eigenvalue weighted by molar-refractivity contribution is -0.113. The zero-order valence-electron chi connectivity index (χ0n) is 14.5. The van der Waals surface area contributed by atoms with Gasteiger partial charge in [-0.15, -0.1) is 11.8 Å². The Morgan fingerprint density at radius 2 is 1.88 bits per heavy atom. The molecule has 0 bridgehead atoms. The fraction of sp³-hybridized carbons (Fsp3) is 0.200. The maximum absolute atomic E-state index is 12.4. The summed E-state index contributed by atoms with van der Waals surface area (Å²) in [6, 6.07) is 15.8. The van der Waals surface area contributed by atoms with Crippen LogP contribution in [-0.2, 0) is 4.79 Å². The Bertz CT molecular complexity index is 981. The van der Waals surface area contributed by atoms with Gasteiger partial charge in [0.25, 0.3) is 0 Å². The highest BCUT2D eigenvalue weighted by Gasteiger charge is 2.31. The minimum absolute atomic E-state index is 0.0116. The van der Waals surface area contributed by atoms with Crippen molar-refractivity contribution in [2.75, 3.05) is 11.1 Å². The van der Waals surface area contributed by atoms with Crippen LogP contribution in [0.4, 0.5) is 5.82 Å². The molecule has 1 aliphatic rings. The van der Waals surface area contributed by atoms with E-state index in [1.165, 1.54) is 11.1 Å². The van der Waals surface area contributed by atoms with Crippen LogP contribution in [0.5, 0.6) is 0 Å². The van der Waals surface area contributed by atoms with Crippen molar-refractivity contribution in [1.82, 2.24) is 9.78 Å². The topological polar surface area (TPSA) is 46.9 Å². The average molecular weight is 384 g/mol. The van der Waals surface area contributed by atoms with Crippen LogP contribution in [0, 0.1) is 13.8 Å². The number of fused-ring (bicyclic) bond motifs is 1. The van der Waals surface area contributed by atoms with Crippen molar-refractivity contribution >= 4 is 35.1 Å². The van der Waals surface area contributed by atoms with Gasteiger partial charge in [-0.25, -0.2) is 4.68 Å². The van der Waals surface area contributed by atoms with Crippen LogP contribution in [0.2, 0.25) is 5.02 Å². The van der Waals surface area contributed by atoms with Crippen molar-refractivity contribution in [3.05, 3.63) is 75.9 Å². The largest absolute Gasteiger partial charge is 0.310 e. The Balaban J connectivity index is 1.91. The van der Waals surface area contributed by atoms with Gasteiger partial charge < -0.3 is 5.32 Å². The molecule has 132 valence electrons. The summed E-state index contributed by atoms with van der Waals surface area (Å²) in [5, 5.41) is 8.50. The monoisotopic (exact) mass is 383 g/mol. The normalized spacial score (nSPS) is 16.7. The fourth-order valence-corrected chi connectivity index (χ4v) is 4.69. The van der Waals surface area contributed by atoms with Crippen molar-refractivity contribution in [3.8, 4) is 5.69 Å². The second-order valence-corrected chi connectivity index (χ2v) is 7.86. The number of anilines is 1. The summed E-state index contributed by atoms with van der Waals surface area (Å²) in [6.07, 6.45) is 0. The molecule has 26 heavy (non-hydrogen) atoms. The van der Waals surface area contributed by atoms with E-state index in [1.807, 2.05) is 43.3 Å². The van der Waals surface area contributed by atoms with Crippen molar-refractivity contribution in [1.29, 1.82) is 0 Å². The number of nitrogens with zero attached hydrogens (tertiary/aromatic N) is 2. The van der Waals surface area contributed by atoms with Crippen molar-refractivity contribution < 1.29 is 4.79 Å². The molecule has 0 fully saturated rings. The first kappa shape index (κ1) is 17.2. The molecule has 0 radical (unpaired) electrons. The number of hydrogen-bond acceptors (Lipinski definition) is 3. The lowest BCUT2D eigenvalue weighted by atomic mass is 10.00. The van der Waals surface area contributed by atoms with E-state index in [9.17, 15) is 4.79 Å². The molecular formula is C20H18ClN3OS. The number of carbonyl (C=O) groups is 1. The highest BCUT2D eigenvalue weighted by atomic mass is 35.5. The molecule has 0 spiro atoms. The Kier molecular flexibility index (Phi) is 4.51. The Hall–Kier alpha value is -2.24. The summed E-state index contributed by atoms with van der Waals surface area (Å²) < 4.78 is 1.80. The fourth-order valence-electron chi connectivity index (χ4n) is 3.28. The van der Waals surface area contributed by atoms with Gasteiger partial charge in [0, 0.05) is 10.6 Å². The van der Waals surface area contributed by atoms with Crippen LogP contribution in [0.3, 0.4) is 0 Å². The quantitative estimate of drug-likeness (QED) is 0.683. The number of benzene rings is 2. The highest BCUT2D eigenvalue weighted by Crippen LogP contribution is 2.44. The van der Waals surface area contributed by atoms with E-state index < -0.39 is 0 Å². The zero-order valence-corrected chi connectivity index (χ0v) is 16.1. The lowest BCUT2D eigenvalue weighted by Gasteiger charge is -2.17. The van der Waals surface area contributed by atoms with Crippen LogP contribution >= 0.6 is 23.4 Å². The minimum atomic E-state index is -0.0116. The first-order chi connectivity index (χ1) is 12.5. The molecule has 0 aliphatic carbocycles. The van der Waals surface area contributed by atoms with E-state index in [-0.39, 0.29) is 11.2 Å². The number of thioether (sulfide) groups is 1. The maximum atomic E-state index is 12.4. The number of aryl methyl sites for hydroxylation is 2. The van der Waals surface area contributed by atoms with E-state index in [2.05, 4.69) is 24.4 Å². The van der Waals surface area contributed by atoms with E-state index >= 15 is 0 Å². The summed E-state index contributed by atoms with van der Waals surface area (Å²) in [4.78, 5) is 12.4. The van der Waals surface area contributed by atoms with Crippen LogP contribution in [0.15, 0.2) is 48.5 Å². The van der Waals surface area contributed by atoms with Gasteiger partial charge in [0.15, 0.2) is 0 Å². The van der Waals surface area contributed by atoms with Crippen LogP contribution in [-0.4, -0.2) is 21.4 Å². The molecule has 4 nitrogen and oxygen atoms in total. The van der Waals surface area contributed by atoms with Crippen molar-refractivity contribution in [2.24, 2.45) is 0 Å². The third kappa shape index (κ3) is 3.02. The van der Waals surface area contributed by atoms with Crippen LogP contribution < -0.4 is 5.32 Å². The van der Waals surface area contributed by atoms with E-state index in [0.29, 0.717) is 10.8 Å². The number of nitrogens with one attached hydrogen (secondary N) is 1. The standard InChI is InChI=1S/C20H18ClN3OS/c1-12-5-3-4-6-16(12)19-18-13(2)23-24(15-9-7-14(21)8-10-15)20(18)22-17(25)11-26-19/h3-10,19H,11H2,1-2H3,(H,22,25). The number of carbonyl (C=O) groups excluding carboxylic acids is 1. The number of rotatable bonds is 2. The van der Waals surface area contributed by atoms with Crippen molar-refractivity contribution in [3.63, 3.8) is 0 Å². The molecule has 1 unspecified atom stereocenters. The molecule has 6 heteroatoms. The van der Waals surface area contributed by atoms with Gasteiger partial charge in [0.05, 0.1) is 22.4 Å². The number of aromatic nitrogens is 2. The zero-order chi connectivity index (χ0) is 18.3. The molecule has 1 atom stereocenters. The predicted octanol–water partition coefficient (Wildman–Crippen LogP) is 4.92. The van der Waals surface area contributed by atoms with E-state index in [0.717, 1.165) is 22.8 Å². The number of halogens is 1. The first-order valence-corrected chi connectivity index (χ1v) is 9.79. The molecule has 1 amide bonds. The molecule has 0 saturated heterocycles. The van der Waals surface area contributed by atoms with Gasteiger partial charge in [0.2, 0.25) is 5.91 Å². The predicted molar refractivity (Wildman–Crippen MR) is 107 cm³/mol. The van der Waals surface area contributed by atoms with Crippen LogP contribution in [0.1, 0.15) is 27.6 Å². The van der Waals surface area contributed by atoms with Gasteiger partial charge in [-0.05, 0) is 49.2 Å². The molecule has 3 aromatic rings. The lowest BCUT2D eigenvalue weighted by Crippen LogP contribution is -2.15. The molecule has 2 aromatic carbocycles. The smallest absolute Gasteiger partial charge is 0.235 e. The molecule has 1 N–H and O–H groups in total. The third-order valence-corrected chi connectivity index (χ3v) is 6.05. The number of hydrogen-bond donors (Lipinski definition) is 1. The van der Waals surface area contributed by atoms with Gasteiger partial charge in [-0.2, -0.15) is 5.10 Å². The SMILES string of the molecule is Cc1ccccc1C1SCC(=O)Nc2c1c(C)nn2-c1ccc(Cl)cc1. The van der Waals surface area contributed by atoms with E-state index in [1.54, 1.807) is 16.4 Å². The molecule has 1 aliphatic heterocycles. The highest BCUT2D eigenvalue weighted by molar-refractivity contribution is 8.00. The molecular weight excluding hydrogens is 366 g/mol. The van der Waals surface area contributed by atoms with Crippen LogP contribution in [0.25, 0.3) is 5.69 Å². The number of amides is 1. The van der Waals surface area contributed by atoms with Gasteiger partial charge >= 0.3 is 0 Å². The van der Waals surface area contributed by atoms with E-state index in [4.69, 9.17) is 16.7 Å². The molecule has 2 heterocycles. The van der Waals surface area contributed by atoms with Gasteiger partial charge in [0.1, 0.15) is 5.82 Å². The van der Waals surface area contributed by atoms with Gasteiger partial charge in [-0.3, -0.25) is 4.79 Å². The Labute approximate surface area is 161 Å². The Morgan fingerprint density at radius 3 is 2.62 bits per heavy atom. The average Bonchev–Trinajstić information content (AvgIpc) is 2.83. The summed E-state index contributed by atoms with van der Waals surface area (Å²) >= 11 is 7.66. The molecule has 4 rings (SSSR count). The summed E-state index contributed by atoms with van der Waals surface area (Å²) in [5.41, 5.74) is 5.27. The molecule has 0 saturated carbocycles. The first-order valence-electron chi connectivity index (χ1n) is 8.37. The second-order valence-electron chi connectivity index (χ2n) is 6.33. The maximum Gasteiger partial charge on any atom is 0.235 e. The summed E-state index contributed by atoms with van der Waals surface area (Å²) in [6.45, 7) is 4.10.